The van der Waals surface area contributed by atoms with Crippen LogP contribution in [0.3, 0.4) is 0 Å². The van der Waals surface area contributed by atoms with E-state index in [1.165, 1.54) is 0 Å². The number of hydrogen-bond acceptors (Lipinski definition) is 7. The summed E-state index contributed by atoms with van der Waals surface area (Å²) in [6.07, 6.45) is 7.87. The third-order valence-corrected chi connectivity index (χ3v) is 4.13. The number of carbonyl (C=O) groups excluding carboxylic acids is 1. The molecule has 1 aliphatic rings. The quantitative estimate of drug-likeness (QED) is 0.753. The molecular formula is C16H17N7O2. The number of nitrogens with zero attached hydrogens (tertiary/aromatic N) is 6. The Bertz CT molecular complexity index is 910. The van der Waals surface area contributed by atoms with Gasteiger partial charge in [0.2, 0.25) is 0 Å². The van der Waals surface area contributed by atoms with Gasteiger partial charge in [0.05, 0.1) is 19.3 Å². The SMILES string of the molecule is CNc1nccnc1C1CN(C(=O)c2cnn3cccnc23)CCO1. The number of morpholine rings is 1. The van der Waals surface area contributed by atoms with E-state index in [4.69, 9.17) is 4.74 Å². The van der Waals surface area contributed by atoms with E-state index >= 15 is 0 Å². The zero-order valence-corrected chi connectivity index (χ0v) is 13.7. The molecule has 4 heterocycles. The molecule has 25 heavy (non-hydrogen) atoms. The van der Waals surface area contributed by atoms with Crippen LogP contribution < -0.4 is 5.32 Å². The van der Waals surface area contributed by atoms with Gasteiger partial charge in [-0.1, -0.05) is 0 Å². The van der Waals surface area contributed by atoms with Crippen LogP contribution in [0.5, 0.6) is 0 Å². The number of rotatable bonds is 3. The van der Waals surface area contributed by atoms with Gasteiger partial charge in [-0.15, -0.1) is 0 Å². The van der Waals surface area contributed by atoms with Crippen molar-refractivity contribution in [2.75, 3.05) is 32.1 Å². The normalized spacial score (nSPS) is 17.6. The average molecular weight is 339 g/mol. The van der Waals surface area contributed by atoms with Gasteiger partial charge in [0.25, 0.3) is 5.91 Å². The van der Waals surface area contributed by atoms with Crippen molar-refractivity contribution in [1.82, 2.24) is 29.5 Å². The Hall–Kier alpha value is -3.07. The maximum atomic E-state index is 12.9. The predicted molar refractivity (Wildman–Crippen MR) is 89.2 cm³/mol. The van der Waals surface area contributed by atoms with Crippen LogP contribution in [0.25, 0.3) is 5.65 Å². The predicted octanol–water partition coefficient (Wildman–Crippen LogP) is 0.775. The Morgan fingerprint density at radius 2 is 2.16 bits per heavy atom. The third-order valence-electron chi connectivity index (χ3n) is 4.13. The van der Waals surface area contributed by atoms with Crippen LogP contribution in [0, 0.1) is 0 Å². The van der Waals surface area contributed by atoms with E-state index in [9.17, 15) is 4.79 Å². The smallest absolute Gasteiger partial charge is 0.259 e. The minimum Gasteiger partial charge on any atom is -0.372 e. The van der Waals surface area contributed by atoms with Crippen molar-refractivity contribution in [3.05, 3.63) is 48.3 Å². The van der Waals surface area contributed by atoms with Crippen LogP contribution in [0.2, 0.25) is 0 Å². The molecule has 0 spiro atoms. The van der Waals surface area contributed by atoms with Gasteiger partial charge in [-0.05, 0) is 6.07 Å². The van der Waals surface area contributed by atoms with Crippen molar-refractivity contribution in [2.45, 2.75) is 6.10 Å². The molecule has 1 atom stereocenters. The molecule has 1 unspecified atom stereocenters. The maximum Gasteiger partial charge on any atom is 0.259 e. The van der Waals surface area contributed by atoms with Crippen LogP contribution in [-0.2, 0) is 4.74 Å². The zero-order chi connectivity index (χ0) is 17.2. The molecule has 1 N–H and O–H groups in total. The highest BCUT2D eigenvalue weighted by Gasteiger charge is 2.30. The Kier molecular flexibility index (Phi) is 3.98. The van der Waals surface area contributed by atoms with Crippen molar-refractivity contribution in [2.24, 2.45) is 0 Å². The Balaban J connectivity index is 1.60. The Morgan fingerprint density at radius 1 is 1.28 bits per heavy atom. The first-order valence-electron chi connectivity index (χ1n) is 7.96. The fraction of sp³-hybridized carbons (Fsp3) is 0.312. The lowest BCUT2D eigenvalue weighted by Crippen LogP contribution is -2.42. The molecule has 0 radical (unpaired) electrons. The largest absolute Gasteiger partial charge is 0.372 e. The molecule has 1 aliphatic heterocycles. The van der Waals surface area contributed by atoms with Crippen molar-refractivity contribution in [3.8, 4) is 0 Å². The first-order valence-corrected chi connectivity index (χ1v) is 7.96. The summed E-state index contributed by atoms with van der Waals surface area (Å²) >= 11 is 0. The molecule has 3 aromatic rings. The lowest BCUT2D eigenvalue weighted by molar-refractivity contribution is -0.0244. The number of ether oxygens (including phenoxy) is 1. The van der Waals surface area contributed by atoms with E-state index < -0.39 is 0 Å². The van der Waals surface area contributed by atoms with Gasteiger partial charge in [0.1, 0.15) is 23.2 Å². The summed E-state index contributed by atoms with van der Waals surface area (Å²) in [5, 5.41) is 7.19. The topological polar surface area (TPSA) is 97.5 Å². The number of nitrogens with one attached hydrogen (secondary N) is 1. The van der Waals surface area contributed by atoms with Gasteiger partial charge < -0.3 is 15.0 Å². The molecule has 0 bridgehead atoms. The van der Waals surface area contributed by atoms with Crippen LogP contribution in [0.1, 0.15) is 22.2 Å². The monoisotopic (exact) mass is 339 g/mol. The number of hydrogen-bond donors (Lipinski definition) is 1. The van der Waals surface area contributed by atoms with E-state index in [0.717, 1.165) is 0 Å². The van der Waals surface area contributed by atoms with Crippen molar-refractivity contribution >= 4 is 17.4 Å². The van der Waals surface area contributed by atoms with Crippen LogP contribution in [0.4, 0.5) is 5.82 Å². The molecule has 128 valence electrons. The molecule has 1 amide bonds. The summed E-state index contributed by atoms with van der Waals surface area (Å²) in [7, 11) is 1.78. The molecule has 9 nitrogen and oxygen atoms in total. The highest BCUT2D eigenvalue weighted by Crippen LogP contribution is 2.26. The fourth-order valence-electron chi connectivity index (χ4n) is 2.92. The summed E-state index contributed by atoms with van der Waals surface area (Å²) in [5.74, 6) is 0.538. The fourth-order valence-corrected chi connectivity index (χ4v) is 2.92. The van der Waals surface area contributed by atoms with Crippen LogP contribution in [-0.4, -0.2) is 62.1 Å². The number of aromatic nitrogens is 5. The molecule has 1 saturated heterocycles. The van der Waals surface area contributed by atoms with E-state index in [1.807, 2.05) is 0 Å². The second-order valence-electron chi connectivity index (χ2n) is 5.60. The second kappa shape index (κ2) is 6.44. The summed E-state index contributed by atoms with van der Waals surface area (Å²) in [5.41, 5.74) is 1.72. The third kappa shape index (κ3) is 2.78. The Labute approximate surface area is 143 Å². The first kappa shape index (κ1) is 15.5. The number of anilines is 1. The van der Waals surface area contributed by atoms with Gasteiger partial charge in [0, 0.05) is 38.4 Å². The van der Waals surface area contributed by atoms with Gasteiger partial charge in [0.15, 0.2) is 5.65 Å². The summed E-state index contributed by atoms with van der Waals surface area (Å²) < 4.78 is 7.41. The van der Waals surface area contributed by atoms with Crippen molar-refractivity contribution in [3.63, 3.8) is 0 Å². The summed E-state index contributed by atoms with van der Waals surface area (Å²) in [6.45, 7) is 1.34. The standard InChI is InChI=1S/C16H17N7O2/c1-17-14-13(18-4-5-19-14)12-10-22(7-8-25-12)16(24)11-9-21-23-6-2-3-20-15(11)23/h2-6,9,12H,7-8,10H2,1H3,(H,17,19). The van der Waals surface area contributed by atoms with E-state index in [1.54, 1.807) is 53.5 Å². The minimum absolute atomic E-state index is 0.114. The lowest BCUT2D eigenvalue weighted by atomic mass is 10.1. The van der Waals surface area contributed by atoms with Gasteiger partial charge in [-0.2, -0.15) is 5.10 Å². The molecule has 3 aromatic heterocycles. The maximum absolute atomic E-state index is 12.9. The number of amides is 1. The van der Waals surface area contributed by atoms with Crippen LogP contribution in [0.15, 0.2) is 37.1 Å². The van der Waals surface area contributed by atoms with Crippen molar-refractivity contribution < 1.29 is 9.53 Å². The highest BCUT2D eigenvalue weighted by atomic mass is 16.5. The highest BCUT2D eigenvalue weighted by molar-refractivity contribution is 5.99. The minimum atomic E-state index is -0.330. The van der Waals surface area contributed by atoms with Crippen LogP contribution >= 0.6 is 0 Å². The Morgan fingerprint density at radius 3 is 3.04 bits per heavy atom. The molecule has 0 saturated carbocycles. The van der Waals surface area contributed by atoms with Gasteiger partial charge in [-0.3, -0.25) is 9.78 Å². The van der Waals surface area contributed by atoms with E-state index in [0.29, 0.717) is 42.4 Å². The first-order chi connectivity index (χ1) is 12.3. The van der Waals surface area contributed by atoms with Crippen molar-refractivity contribution in [1.29, 1.82) is 0 Å². The molecule has 0 aliphatic carbocycles. The number of fused-ring (bicyclic) bond motifs is 1. The van der Waals surface area contributed by atoms with Gasteiger partial charge >= 0.3 is 0 Å². The van der Waals surface area contributed by atoms with E-state index in [-0.39, 0.29) is 12.0 Å². The molecular weight excluding hydrogens is 322 g/mol. The summed E-state index contributed by atoms with van der Waals surface area (Å²) in [6, 6.07) is 1.77. The molecule has 0 aromatic carbocycles. The molecule has 9 heteroatoms. The molecule has 4 rings (SSSR count). The summed E-state index contributed by atoms with van der Waals surface area (Å²) in [4.78, 5) is 27.5. The molecule has 1 fully saturated rings. The zero-order valence-electron chi connectivity index (χ0n) is 13.7. The lowest BCUT2D eigenvalue weighted by Gasteiger charge is -2.32. The average Bonchev–Trinajstić information content (AvgIpc) is 3.11. The van der Waals surface area contributed by atoms with E-state index in [2.05, 4.69) is 25.4 Å². The second-order valence-corrected chi connectivity index (χ2v) is 5.60. The van der Waals surface area contributed by atoms with Gasteiger partial charge in [-0.25, -0.2) is 14.5 Å². The number of carbonyl (C=O) groups is 1.